The lowest BCUT2D eigenvalue weighted by molar-refractivity contribution is -0.199. The second-order valence-corrected chi connectivity index (χ2v) is 19.8. The Hall–Kier alpha value is -4.75. The molecule has 59 heavy (non-hydrogen) atoms. The molecule has 6 atom stereocenters. The maximum atomic E-state index is 13.8. The van der Waals surface area contributed by atoms with E-state index in [-0.39, 0.29) is 53.2 Å². The highest BCUT2D eigenvalue weighted by molar-refractivity contribution is 6.31. The van der Waals surface area contributed by atoms with Gasteiger partial charge in [-0.05, 0) is 61.8 Å². The van der Waals surface area contributed by atoms with Crippen LogP contribution in [0.2, 0.25) is 5.02 Å². The van der Waals surface area contributed by atoms with Crippen LogP contribution in [0.3, 0.4) is 0 Å². The Balaban J connectivity index is 0.832. The van der Waals surface area contributed by atoms with Gasteiger partial charge >= 0.3 is 0 Å². The van der Waals surface area contributed by atoms with Gasteiger partial charge in [0.1, 0.15) is 29.7 Å². The quantitative estimate of drug-likeness (QED) is 0.204. The molecule has 8 rings (SSSR count). The van der Waals surface area contributed by atoms with Gasteiger partial charge in [-0.15, -0.1) is 0 Å². The molecule has 5 heterocycles. The zero-order chi connectivity index (χ0) is 42.3. The Morgan fingerprint density at radius 3 is 2.42 bits per heavy atom. The fourth-order valence-electron chi connectivity index (χ4n) is 11.1. The summed E-state index contributed by atoms with van der Waals surface area (Å²) in [6.07, 6.45) is 1.36. The van der Waals surface area contributed by atoms with Gasteiger partial charge in [-0.3, -0.25) is 34.3 Å². The molecule has 5 unspecified atom stereocenters. The highest BCUT2D eigenvalue weighted by Crippen LogP contribution is 2.59. The smallest absolute Gasteiger partial charge is 0.256 e. The van der Waals surface area contributed by atoms with Crippen molar-refractivity contribution >= 4 is 35.2 Å². The SMILES string of the molecule is C=C(C(=O)NC1CCC(=O)NC1=O)C(C)(C)[C@@H](C)N1CC2CN(C3CC3C#Cc3ccc4c(n3)CN([C@H]3C(C)(C)[C@H](Oc5ccc(C#N)c(Cl)c5)C3(C)C)C4=O)CC2C1. The van der Waals surface area contributed by atoms with E-state index in [1.165, 1.54) is 0 Å². The predicted molar refractivity (Wildman–Crippen MR) is 222 cm³/mol. The lowest BCUT2D eigenvalue weighted by atomic mass is 9.49. The lowest BCUT2D eigenvalue weighted by Gasteiger charge is -2.65. The maximum Gasteiger partial charge on any atom is 0.256 e. The van der Waals surface area contributed by atoms with Gasteiger partial charge in [0, 0.05) is 84.5 Å². The van der Waals surface area contributed by atoms with Crippen molar-refractivity contribution in [3.05, 3.63) is 70.0 Å². The molecule has 2 aliphatic carbocycles. The summed E-state index contributed by atoms with van der Waals surface area (Å²) in [5.41, 5.74) is 1.67. The first-order valence-electron chi connectivity index (χ1n) is 20.8. The average molecular weight is 820 g/mol. The number of nitrogens with one attached hydrogen (secondary N) is 2. The van der Waals surface area contributed by atoms with Crippen molar-refractivity contribution in [2.45, 2.75) is 105 Å². The Morgan fingerprint density at radius 1 is 1.08 bits per heavy atom. The number of hydrogen-bond donors (Lipinski definition) is 2. The maximum absolute atomic E-state index is 13.8. The van der Waals surface area contributed by atoms with E-state index in [0.717, 1.165) is 38.3 Å². The zero-order valence-corrected chi connectivity index (χ0v) is 35.8. The third-order valence-corrected chi connectivity index (χ3v) is 14.8. The number of fused-ring (bicyclic) bond motifs is 2. The van der Waals surface area contributed by atoms with Crippen molar-refractivity contribution in [2.75, 3.05) is 26.2 Å². The Bertz CT molecular complexity index is 2220. The number of halogens is 1. The monoisotopic (exact) mass is 819 g/mol. The number of pyridine rings is 1. The third kappa shape index (κ3) is 7.21. The van der Waals surface area contributed by atoms with Crippen molar-refractivity contribution < 1.29 is 23.9 Å². The highest BCUT2D eigenvalue weighted by Gasteiger charge is 2.67. The van der Waals surface area contributed by atoms with Crippen LogP contribution < -0.4 is 15.4 Å². The van der Waals surface area contributed by atoms with Crippen LogP contribution in [0.1, 0.15) is 95.0 Å². The molecular formula is C46H54ClN7O5. The number of aromatic nitrogens is 1. The molecule has 13 heteroatoms. The Kier molecular flexibility index (Phi) is 10.3. The molecule has 2 N–H and O–H groups in total. The molecule has 6 aliphatic rings. The summed E-state index contributed by atoms with van der Waals surface area (Å²) in [5.74, 6) is 7.69. The number of carbonyl (C=O) groups excluding carboxylic acids is 4. The molecule has 4 aliphatic heterocycles. The number of rotatable bonds is 9. The summed E-state index contributed by atoms with van der Waals surface area (Å²) in [6, 6.07) is 10.6. The summed E-state index contributed by atoms with van der Waals surface area (Å²) in [6.45, 7) is 23.3. The minimum atomic E-state index is -0.726. The van der Waals surface area contributed by atoms with Gasteiger partial charge < -0.3 is 15.0 Å². The molecular weight excluding hydrogens is 766 g/mol. The summed E-state index contributed by atoms with van der Waals surface area (Å²) >= 11 is 6.29. The van der Waals surface area contributed by atoms with Crippen molar-refractivity contribution in [3.8, 4) is 23.7 Å². The molecule has 2 saturated carbocycles. The number of likely N-dealkylation sites (tertiary alicyclic amines) is 2. The summed E-state index contributed by atoms with van der Waals surface area (Å²) in [4.78, 5) is 62.7. The first-order valence-corrected chi connectivity index (χ1v) is 21.2. The first kappa shape index (κ1) is 41.0. The van der Waals surface area contributed by atoms with Gasteiger partial charge in [0.25, 0.3) is 5.91 Å². The summed E-state index contributed by atoms with van der Waals surface area (Å²) in [5, 5.41) is 14.7. The number of imide groups is 1. The lowest BCUT2D eigenvalue weighted by Crippen LogP contribution is -2.74. The van der Waals surface area contributed by atoms with Crippen LogP contribution in [0, 0.1) is 57.2 Å². The zero-order valence-electron chi connectivity index (χ0n) is 35.0. The fraction of sp³-hybridized carbons (Fsp3) is 0.565. The standard InChI is InChI=1S/C46H54ClN7O5/c1-25(39(56)50-35-15-16-38(55)51-40(35)57)44(3,4)26(2)52-20-29-22-53(23-30(29)21-52)37-17-27(37)9-11-31-12-14-33-36(49-31)24-54(41(33)58)42-45(5,6)43(46(42,7)8)59-32-13-10-28(19-48)34(47)18-32/h10,12-14,18,26-27,29-30,35,37,42-43H,1,15-17,20-24H2,2-8H3,(H,50,56)(H,51,55,57)/t26-,27?,29?,30?,35?,37?,42-,43-/m1/s1. The van der Waals surface area contributed by atoms with Crippen LogP contribution in [0.25, 0.3) is 0 Å². The Labute approximate surface area is 352 Å². The van der Waals surface area contributed by atoms with Crippen LogP contribution in [0.5, 0.6) is 5.75 Å². The second-order valence-electron chi connectivity index (χ2n) is 19.4. The van der Waals surface area contributed by atoms with Gasteiger partial charge in [0.2, 0.25) is 17.7 Å². The van der Waals surface area contributed by atoms with E-state index in [2.05, 4.69) is 79.5 Å². The molecule has 4 amide bonds. The second kappa shape index (κ2) is 14.8. The van der Waals surface area contributed by atoms with Gasteiger partial charge in [-0.2, -0.15) is 5.26 Å². The molecule has 5 fully saturated rings. The summed E-state index contributed by atoms with van der Waals surface area (Å²) < 4.78 is 6.47. The van der Waals surface area contributed by atoms with E-state index < -0.39 is 17.4 Å². The van der Waals surface area contributed by atoms with E-state index in [0.29, 0.717) is 69.9 Å². The van der Waals surface area contributed by atoms with Crippen molar-refractivity contribution in [3.63, 3.8) is 0 Å². The fourth-order valence-corrected chi connectivity index (χ4v) is 11.3. The molecule has 0 radical (unpaired) electrons. The first-order chi connectivity index (χ1) is 27.8. The van der Waals surface area contributed by atoms with Gasteiger partial charge in [0.05, 0.1) is 28.4 Å². The van der Waals surface area contributed by atoms with E-state index in [9.17, 15) is 24.4 Å². The van der Waals surface area contributed by atoms with Crippen LogP contribution in [0.15, 0.2) is 42.5 Å². The van der Waals surface area contributed by atoms with E-state index >= 15 is 0 Å². The number of carbonyl (C=O) groups is 4. The molecule has 1 aromatic carbocycles. The number of benzene rings is 1. The van der Waals surface area contributed by atoms with Gasteiger partial charge in [0.15, 0.2) is 0 Å². The van der Waals surface area contributed by atoms with E-state index in [1.807, 2.05) is 30.9 Å². The van der Waals surface area contributed by atoms with Crippen LogP contribution in [-0.2, 0) is 20.9 Å². The number of nitrogens with zero attached hydrogens (tertiary/aromatic N) is 5. The molecule has 12 nitrogen and oxygen atoms in total. The average Bonchev–Trinajstić information content (AvgIpc) is 3.52. The van der Waals surface area contributed by atoms with Crippen molar-refractivity contribution in [2.24, 2.45) is 34.0 Å². The normalized spacial score (nSPS) is 29.9. The minimum absolute atomic E-state index is 0.0170. The number of hydrogen-bond acceptors (Lipinski definition) is 9. The highest BCUT2D eigenvalue weighted by atomic mass is 35.5. The van der Waals surface area contributed by atoms with Gasteiger partial charge in [-0.1, -0.05) is 65.6 Å². The molecule has 1 aromatic heterocycles. The molecule has 310 valence electrons. The Morgan fingerprint density at radius 2 is 1.78 bits per heavy atom. The van der Waals surface area contributed by atoms with Crippen molar-refractivity contribution in [1.29, 1.82) is 5.26 Å². The third-order valence-electron chi connectivity index (χ3n) is 14.5. The molecule has 3 saturated heterocycles. The van der Waals surface area contributed by atoms with E-state index in [1.54, 1.807) is 18.2 Å². The van der Waals surface area contributed by atoms with Crippen LogP contribution >= 0.6 is 11.6 Å². The predicted octanol–water partition coefficient (Wildman–Crippen LogP) is 4.94. The van der Waals surface area contributed by atoms with Gasteiger partial charge in [-0.25, -0.2) is 4.98 Å². The van der Waals surface area contributed by atoms with Crippen LogP contribution in [0.4, 0.5) is 0 Å². The molecule has 2 aromatic rings. The number of piperidine rings is 1. The number of ether oxygens (including phenoxy) is 1. The number of nitriles is 1. The van der Waals surface area contributed by atoms with E-state index in [4.69, 9.17) is 21.3 Å². The topological polar surface area (TPSA) is 148 Å². The molecule has 0 spiro atoms. The largest absolute Gasteiger partial charge is 0.489 e. The minimum Gasteiger partial charge on any atom is -0.489 e. The number of amides is 4. The van der Waals surface area contributed by atoms with Crippen molar-refractivity contribution in [1.82, 2.24) is 30.3 Å². The molecule has 0 bridgehead atoms. The summed E-state index contributed by atoms with van der Waals surface area (Å²) in [7, 11) is 0. The van der Waals surface area contributed by atoms with Crippen LogP contribution in [-0.4, -0.2) is 99.8 Å².